The van der Waals surface area contributed by atoms with Crippen molar-refractivity contribution in [2.24, 2.45) is 0 Å². The van der Waals surface area contributed by atoms with Gasteiger partial charge in [-0.05, 0) is 19.1 Å². The van der Waals surface area contributed by atoms with E-state index in [2.05, 4.69) is 0 Å². The van der Waals surface area contributed by atoms with Gasteiger partial charge in [0.15, 0.2) is 6.29 Å². The Morgan fingerprint density at radius 3 is 2.86 bits per heavy atom. The van der Waals surface area contributed by atoms with Crippen LogP contribution >= 0.6 is 0 Å². The monoisotopic (exact) mass is 188 g/mol. The van der Waals surface area contributed by atoms with Crippen LogP contribution in [0.5, 0.6) is 0 Å². The topological polar surface area (TPSA) is 47.3 Å². The standard InChI is InChI=1S/C11H8O3/c1-7-5-8-3-2-4-9(6-12)10(8)14-11(7)13/h2-6H,1H3. The van der Waals surface area contributed by atoms with Crippen LogP contribution in [0.25, 0.3) is 11.0 Å². The molecule has 0 aliphatic rings. The molecule has 0 bridgehead atoms. The molecule has 2 rings (SSSR count). The van der Waals surface area contributed by atoms with E-state index in [4.69, 9.17) is 4.42 Å². The summed E-state index contributed by atoms with van der Waals surface area (Å²) >= 11 is 0. The molecule has 0 spiro atoms. The maximum atomic E-state index is 11.2. The highest BCUT2D eigenvalue weighted by Gasteiger charge is 2.04. The van der Waals surface area contributed by atoms with Crippen molar-refractivity contribution in [3.05, 3.63) is 45.8 Å². The van der Waals surface area contributed by atoms with Crippen LogP contribution in [0.15, 0.2) is 33.5 Å². The van der Waals surface area contributed by atoms with Gasteiger partial charge in [0.25, 0.3) is 0 Å². The van der Waals surface area contributed by atoms with Gasteiger partial charge in [-0.2, -0.15) is 0 Å². The van der Waals surface area contributed by atoms with Crippen molar-refractivity contribution in [2.75, 3.05) is 0 Å². The predicted octanol–water partition coefficient (Wildman–Crippen LogP) is 1.91. The third kappa shape index (κ3) is 1.23. The summed E-state index contributed by atoms with van der Waals surface area (Å²) in [5, 5.41) is 0.770. The third-order valence-electron chi connectivity index (χ3n) is 2.09. The van der Waals surface area contributed by atoms with E-state index in [0.29, 0.717) is 23.0 Å². The summed E-state index contributed by atoms with van der Waals surface area (Å²) in [6.45, 7) is 1.68. The number of benzene rings is 1. The summed E-state index contributed by atoms with van der Waals surface area (Å²) in [5.74, 6) is 0. The van der Waals surface area contributed by atoms with Gasteiger partial charge in [0.1, 0.15) is 5.58 Å². The molecule has 0 atom stereocenters. The van der Waals surface area contributed by atoms with Gasteiger partial charge in [0.05, 0.1) is 5.56 Å². The second kappa shape index (κ2) is 3.10. The van der Waals surface area contributed by atoms with Crippen molar-refractivity contribution >= 4 is 17.3 Å². The molecule has 1 aromatic carbocycles. The zero-order valence-corrected chi connectivity index (χ0v) is 7.61. The second-order valence-corrected chi connectivity index (χ2v) is 3.10. The number of hydrogen-bond acceptors (Lipinski definition) is 3. The fourth-order valence-electron chi connectivity index (χ4n) is 1.36. The molecule has 1 aromatic heterocycles. The molecular formula is C11H8O3. The van der Waals surface area contributed by atoms with Crippen LogP contribution in [0.2, 0.25) is 0 Å². The fraction of sp³-hybridized carbons (Fsp3) is 0.0909. The predicted molar refractivity (Wildman–Crippen MR) is 52.6 cm³/mol. The highest BCUT2D eigenvalue weighted by atomic mass is 16.4. The van der Waals surface area contributed by atoms with E-state index in [1.165, 1.54) is 0 Å². The SMILES string of the molecule is Cc1cc2cccc(C=O)c2oc1=O. The van der Waals surface area contributed by atoms with E-state index in [-0.39, 0.29) is 0 Å². The third-order valence-corrected chi connectivity index (χ3v) is 2.09. The minimum absolute atomic E-state index is 0.359. The van der Waals surface area contributed by atoms with E-state index in [1.54, 1.807) is 31.2 Å². The lowest BCUT2D eigenvalue weighted by Crippen LogP contribution is -2.02. The maximum absolute atomic E-state index is 11.2. The summed E-state index contributed by atoms with van der Waals surface area (Å²) in [5.41, 5.74) is 0.907. The van der Waals surface area contributed by atoms with Gasteiger partial charge in [-0.1, -0.05) is 12.1 Å². The normalized spacial score (nSPS) is 10.4. The van der Waals surface area contributed by atoms with Crippen LogP contribution in [0.1, 0.15) is 15.9 Å². The Bertz CT molecular complexity index is 552. The lowest BCUT2D eigenvalue weighted by Gasteiger charge is -1.99. The van der Waals surface area contributed by atoms with Gasteiger partial charge in [-0.25, -0.2) is 4.79 Å². The number of hydrogen-bond donors (Lipinski definition) is 0. The number of para-hydroxylation sites is 1. The smallest absolute Gasteiger partial charge is 0.339 e. The summed E-state index contributed by atoms with van der Waals surface area (Å²) < 4.78 is 5.03. The van der Waals surface area contributed by atoms with Gasteiger partial charge in [0, 0.05) is 10.9 Å². The molecular weight excluding hydrogens is 180 g/mol. The minimum Gasteiger partial charge on any atom is -0.422 e. The molecule has 0 radical (unpaired) electrons. The van der Waals surface area contributed by atoms with E-state index in [1.807, 2.05) is 0 Å². The molecule has 0 aliphatic carbocycles. The van der Waals surface area contributed by atoms with Gasteiger partial charge in [-0.3, -0.25) is 4.79 Å². The Morgan fingerprint density at radius 1 is 1.36 bits per heavy atom. The summed E-state index contributed by atoms with van der Waals surface area (Å²) in [6.07, 6.45) is 0.681. The van der Waals surface area contributed by atoms with Crippen LogP contribution in [-0.4, -0.2) is 6.29 Å². The number of carbonyl (C=O) groups excluding carboxylic acids is 1. The van der Waals surface area contributed by atoms with Crippen molar-refractivity contribution in [2.45, 2.75) is 6.92 Å². The van der Waals surface area contributed by atoms with Crippen molar-refractivity contribution in [1.82, 2.24) is 0 Å². The molecule has 0 fully saturated rings. The lowest BCUT2D eigenvalue weighted by atomic mass is 10.1. The molecule has 0 amide bonds. The van der Waals surface area contributed by atoms with Crippen molar-refractivity contribution in [1.29, 1.82) is 0 Å². The van der Waals surface area contributed by atoms with E-state index in [9.17, 15) is 9.59 Å². The molecule has 1 heterocycles. The Morgan fingerprint density at radius 2 is 2.14 bits per heavy atom. The highest BCUT2D eigenvalue weighted by Crippen LogP contribution is 2.16. The number of aldehydes is 1. The van der Waals surface area contributed by atoms with Crippen molar-refractivity contribution in [3.63, 3.8) is 0 Å². The molecule has 3 heteroatoms. The summed E-state index contributed by atoms with van der Waals surface area (Å²) in [7, 11) is 0. The number of fused-ring (bicyclic) bond motifs is 1. The summed E-state index contributed by atoms with van der Waals surface area (Å²) in [4.78, 5) is 21.9. The largest absolute Gasteiger partial charge is 0.422 e. The first kappa shape index (κ1) is 8.69. The van der Waals surface area contributed by atoms with Gasteiger partial charge < -0.3 is 4.42 Å². The Hall–Kier alpha value is -1.90. The van der Waals surface area contributed by atoms with Crippen LogP contribution < -0.4 is 5.63 Å². The molecule has 0 aliphatic heterocycles. The van der Waals surface area contributed by atoms with E-state index in [0.717, 1.165) is 5.39 Å². The van der Waals surface area contributed by atoms with Gasteiger partial charge >= 0.3 is 5.63 Å². The first-order valence-corrected chi connectivity index (χ1v) is 4.21. The maximum Gasteiger partial charge on any atom is 0.339 e. The van der Waals surface area contributed by atoms with Crippen LogP contribution in [0, 0.1) is 6.92 Å². The van der Waals surface area contributed by atoms with Gasteiger partial charge in [0.2, 0.25) is 0 Å². The van der Waals surface area contributed by atoms with Crippen LogP contribution in [0.4, 0.5) is 0 Å². The zero-order chi connectivity index (χ0) is 10.1. The molecule has 70 valence electrons. The zero-order valence-electron chi connectivity index (χ0n) is 7.61. The summed E-state index contributed by atoms with van der Waals surface area (Å²) in [6, 6.07) is 6.89. The highest BCUT2D eigenvalue weighted by molar-refractivity contribution is 5.94. The average Bonchev–Trinajstić information content (AvgIpc) is 2.19. The minimum atomic E-state index is -0.396. The Labute approximate surface area is 80.0 Å². The van der Waals surface area contributed by atoms with Crippen molar-refractivity contribution < 1.29 is 9.21 Å². The van der Waals surface area contributed by atoms with Crippen LogP contribution in [0.3, 0.4) is 0 Å². The molecule has 3 nitrogen and oxygen atoms in total. The molecule has 0 N–H and O–H groups in total. The number of rotatable bonds is 1. The molecule has 0 saturated heterocycles. The molecule has 0 saturated carbocycles. The number of carbonyl (C=O) groups is 1. The van der Waals surface area contributed by atoms with Gasteiger partial charge in [-0.15, -0.1) is 0 Å². The Kier molecular flexibility index (Phi) is 1.93. The van der Waals surface area contributed by atoms with E-state index >= 15 is 0 Å². The van der Waals surface area contributed by atoms with E-state index < -0.39 is 5.63 Å². The van der Waals surface area contributed by atoms with Crippen LogP contribution in [-0.2, 0) is 0 Å². The molecule has 2 aromatic rings. The quantitative estimate of drug-likeness (QED) is 0.507. The first-order valence-electron chi connectivity index (χ1n) is 4.21. The Balaban J connectivity index is 2.95. The fourth-order valence-corrected chi connectivity index (χ4v) is 1.36. The number of aryl methyl sites for hydroxylation is 1. The van der Waals surface area contributed by atoms with Crippen molar-refractivity contribution in [3.8, 4) is 0 Å². The molecule has 0 unspecified atom stereocenters. The molecule has 14 heavy (non-hydrogen) atoms. The average molecular weight is 188 g/mol. The lowest BCUT2D eigenvalue weighted by molar-refractivity contribution is 0.112. The first-order chi connectivity index (χ1) is 6.72. The second-order valence-electron chi connectivity index (χ2n) is 3.10.